The number of ether oxygens (including phenoxy) is 2. The second-order valence-electron chi connectivity index (χ2n) is 7.43. The van der Waals surface area contributed by atoms with Crippen LogP contribution in [0.25, 0.3) is 22.2 Å². The summed E-state index contributed by atoms with van der Waals surface area (Å²) < 4.78 is 13.7. The molecule has 146 valence electrons. The highest BCUT2D eigenvalue weighted by atomic mass is 16.5. The van der Waals surface area contributed by atoms with Crippen LogP contribution in [0.1, 0.15) is 32.5 Å². The minimum atomic E-state index is 0.202. The lowest BCUT2D eigenvalue weighted by Crippen LogP contribution is -2.16. The highest BCUT2D eigenvalue weighted by molar-refractivity contribution is 5.86. The second-order valence-corrected chi connectivity index (χ2v) is 7.43. The molecule has 0 atom stereocenters. The van der Waals surface area contributed by atoms with E-state index in [1.54, 1.807) is 0 Å². The maximum absolute atomic E-state index is 6.05. The predicted molar refractivity (Wildman–Crippen MR) is 111 cm³/mol. The molecule has 1 heterocycles. The molecule has 0 saturated carbocycles. The zero-order valence-corrected chi connectivity index (χ0v) is 16.5. The van der Waals surface area contributed by atoms with Gasteiger partial charge >= 0.3 is 0 Å². The van der Waals surface area contributed by atoms with Gasteiger partial charge in [0.05, 0.1) is 25.4 Å². The van der Waals surface area contributed by atoms with Crippen molar-refractivity contribution in [3.8, 4) is 11.4 Å². The molecule has 0 amide bonds. The maximum atomic E-state index is 6.05. The first-order valence-corrected chi connectivity index (χ1v) is 10.00. The van der Waals surface area contributed by atoms with Crippen molar-refractivity contribution in [3.05, 3.63) is 60.4 Å². The monoisotopic (exact) mass is 377 g/mol. The number of hydrogen-bond donors (Lipinski definition) is 0. The molecular weight excluding hydrogens is 350 g/mol. The fourth-order valence-electron chi connectivity index (χ4n) is 3.41. The lowest BCUT2D eigenvalue weighted by Gasteiger charge is -2.12. The standard InChI is InChI=1S/C23H27N3O2/c1-17(2)27-14-13-26-22(16-28-21-9-5-6-10-21)24-23(25-26)20-12-11-18-7-3-4-8-19(18)15-20/h3-8,11-12,15,17,21H,9-10,13-14,16H2,1-2H3. The summed E-state index contributed by atoms with van der Waals surface area (Å²) in [6, 6.07) is 14.7. The van der Waals surface area contributed by atoms with Crippen LogP contribution in [-0.2, 0) is 22.6 Å². The van der Waals surface area contributed by atoms with Gasteiger partial charge in [0.25, 0.3) is 0 Å². The summed E-state index contributed by atoms with van der Waals surface area (Å²) in [7, 11) is 0. The molecule has 0 unspecified atom stereocenters. The van der Waals surface area contributed by atoms with Crippen molar-refractivity contribution >= 4 is 10.8 Å². The highest BCUT2D eigenvalue weighted by Crippen LogP contribution is 2.23. The third kappa shape index (κ3) is 4.49. The van der Waals surface area contributed by atoms with Gasteiger partial charge in [-0.3, -0.25) is 0 Å². The van der Waals surface area contributed by atoms with Crippen molar-refractivity contribution in [1.82, 2.24) is 14.8 Å². The fraction of sp³-hybridized carbons (Fsp3) is 0.391. The Morgan fingerprint density at radius 2 is 1.86 bits per heavy atom. The van der Waals surface area contributed by atoms with Gasteiger partial charge in [-0.15, -0.1) is 0 Å². The molecule has 0 spiro atoms. The first-order chi connectivity index (χ1) is 13.7. The molecule has 1 aromatic heterocycles. The Bertz CT molecular complexity index is 953. The molecule has 5 nitrogen and oxygen atoms in total. The van der Waals surface area contributed by atoms with Gasteiger partial charge < -0.3 is 9.47 Å². The van der Waals surface area contributed by atoms with Gasteiger partial charge in [0, 0.05) is 5.56 Å². The molecule has 0 bridgehead atoms. The minimum Gasteiger partial charge on any atom is -0.377 e. The Labute approximate surface area is 166 Å². The Morgan fingerprint density at radius 3 is 2.64 bits per heavy atom. The van der Waals surface area contributed by atoms with Crippen molar-refractivity contribution < 1.29 is 9.47 Å². The molecule has 3 aromatic rings. The summed E-state index contributed by atoms with van der Waals surface area (Å²) >= 11 is 0. The van der Waals surface area contributed by atoms with E-state index in [1.807, 2.05) is 18.5 Å². The largest absolute Gasteiger partial charge is 0.377 e. The van der Waals surface area contributed by atoms with E-state index < -0.39 is 0 Å². The topological polar surface area (TPSA) is 49.2 Å². The summed E-state index contributed by atoms with van der Waals surface area (Å²) in [5, 5.41) is 7.16. The molecule has 1 aliphatic rings. The van der Waals surface area contributed by atoms with Crippen LogP contribution in [-0.4, -0.2) is 33.6 Å². The average molecular weight is 377 g/mol. The summed E-state index contributed by atoms with van der Waals surface area (Å²) in [6.07, 6.45) is 6.75. The number of hydrogen-bond acceptors (Lipinski definition) is 4. The van der Waals surface area contributed by atoms with Crippen LogP contribution in [0.4, 0.5) is 0 Å². The van der Waals surface area contributed by atoms with Gasteiger partial charge in [-0.25, -0.2) is 9.67 Å². The van der Waals surface area contributed by atoms with E-state index in [-0.39, 0.29) is 12.2 Å². The number of rotatable bonds is 8. The number of aromatic nitrogens is 3. The molecule has 0 aliphatic heterocycles. The Kier molecular flexibility index (Phi) is 5.84. The number of benzene rings is 2. The van der Waals surface area contributed by atoms with E-state index in [1.165, 1.54) is 10.8 Å². The van der Waals surface area contributed by atoms with Crippen molar-refractivity contribution in [2.75, 3.05) is 6.61 Å². The van der Waals surface area contributed by atoms with E-state index >= 15 is 0 Å². The summed E-state index contributed by atoms with van der Waals surface area (Å²) in [4.78, 5) is 4.80. The highest BCUT2D eigenvalue weighted by Gasteiger charge is 2.16. The maximum Gasteiger partial charge on any atom is 0.181 e. The third-order valence-corrected chi connectivity index (χ3v) is 4.92. The van der Waals surface area contributed by atoms with Gasteiger partial charge in [0.1, 0.15) is 6.61 Å². The van der Waals surface area contributed by atoms with Gasteiger partial charge in [0.2, 0.25) is 0 Å². The lowest BCUT2D eigenvalue weighted by atomic mass is 10.1. The predicted octanol–water partition coefficient (Wildman–Crippen LogP) is 4.76. The molecule has 28 heavy (non-hydrogen) atoms. The zero-order valence-electron chi connectivity index (χ0n) is 16.5. The van der Waals surface area contributed by atoms with Crippen LogP contribution < -0.4 is 0 Å². The molecule has 0 saturated heterocycles. The lowest BCUT2D eigenvalue weighted by molar-refractivity contribution is 0.0397. The van der Waals surface area contributed by atoms with Crippen LogP contribution in [0, 0.1) is 0 Å². The van der Waals surface area contributed by atoms with Gasteiger partial charge in [0.15, 0.2) is 11.6 Å². The van der Waals surface area contributed by atoms with Gasteiger partial charge in [-0.2, -0.15) is 5.10 Å². The third-order valence-electron chi connectivity index (χ3n) is 4.92. The second kappa shape index (κ2) is 8.67. The van der Waals surface area contributed by atoms with E-state index in [2.05, 4.69) is 54.6 Å². The normalized spacial score (nSPS) is 14.5. The number of fused-ring (bicyclic) bond motifs is 1. The van der Waals surface area contributed by atoms with Crippen LogP contribution in [0.15, 0.2) is 54.6 Å². The molecule has 0 radical (unpaired) electrons. The molecular formula is C23H27N3O2. The van der Waals surface area contributed by atoms with Gasteiger partial charge in [-0.05, 0) is 43.5 Å². The average Bonchev–Trinajstić information content (AvgIpc) is 3.35. The van der Waals surface area contributed by atoms with Crippen molar-refractivity contribution in [2.45, 2.75) is 52.0 Å². The zero-order chi connectivity index (χ0) is 19.3. The summed E-state index contributed by atoms with van der Waals surface area (Å²) in [6.45, 7) is 5.82. The van der Waals surface area contributed by atoms with E-state index in [0.29, 0.717) is 19.8 Å². The van der Waals surface area contributed by atoms with Crippen LogP contribution in [0.3, 0.4) is 0 Å². The Hall–Kier alpha value is -2.50. The van der Waals surface area contributed by atoms with Crippen molar-refractivity contribution in [3.63, 3.8) is 0 Å². The molecule has 2 aromatic carbocycles. The SMILES string of the molecule is CC(C)OCCn1nc(-c2ccc3ccccc3c2)nc1COC1CC=CC1. The van der Waals surface area contributed by atoms with E-state index in [0.717, 1.165) is 30.1 Å². The summed E-state index contributed by atoms with van der Waals surface area (Å²) in [5.41, 5.74) is 1.02. The molecule has 0 N–H and O–H groups in total. The quantitative estimate of drug-likeness (QED) is 0.531. The van der Waals surface area contributed by atoms with E-state index in [4.69, 9.17) is 19.6 Å². The van der Waals surface area contributed by atoms with E-state index in [9.17, 15) is 0 Å². The molecule has 1 aliphatic carbocycles. The Balaban J connectivity index is 1.56. The van der Waals surface area contributed by atoms with Crippen molar-refractivity contribution in [2.24, 2.45) is 0 Å². The number of nitrogens with zero attached hydrogens (tertiary/aromatic N) is 3. The minimum absolute atomic E-state index is 0.202. The fourth-order valence-corrected chi connectivity index (χ4v) is 3.41. The molecule has 5 heteroatoms. The van der Waals surface area contributed by atoms with Crippen LogP contribution in [0.5, 0.6) is 0 Å². The smallest absolute Gasteiger partial charge is 0.181 e. The molecule has 4 rings (SSSR count). The first-order valence-electron chi connectivity index (χ1n) is 10.00. The molecule has 0 fully saturated rings. The van der Waals surface area contributed by atoms with Crippen molar-refractivity contribution in [1.29, 1.82) is 0 Å². The summed E-state index contributed by atoms with van der Waals surface area (Å²) in [5.74, 6) is 1.58. The first kappa shape index (κ1) is 18.8. The van der Waals surface area contributed by atoms with Crippen LogP contribution in [0.2, 0.25) is 0 Å². The Morgan fingerprint density at radius 1 is 1.07 bits per heavy atom. The van der Waals surface area contributed by atoms with Gasteiger partial charge in [-0.1, -0.05) is 48.6 Å². The van der Waals surface area contributed by atoms with Crippen LogP contribution >= 0.6 is 0 Å².